The Bertz CT molecular complexity index is 896. The Morgan fingerprint density at radius 3 is 2.41 bits per heavy atom. The Morgan fingerprint density at radius 2 is 1.85 bits per heavy atom. The maximum Gasteiger partial charge on any atom is 0.325 e. The first-order valence-electron chi connectivity index (χ1n) is 7.28. The Labute approximate surface area is 170 Å². The van der Waals surface area contributed by atoms with E-state index < -0.39 is 16.8 Å². The summed E-state index contributed by atoms with van der Waals surface area (Å²) >= 11 is 6.59. The molecule has 0 atom stereocenters. The highest BCUT2D eigenvalue weighted by Crippen LogP contribution is 2.39. The third-order valence-electron chi connectivity index (χ3n) is 3.30. The van der Waals surface area contributed by atoms with Gasteiger partial charge in [-0.05, 0) is 56.1 Å². The number of nitrogens with two attached hydrogens (primary N) is 1. The normalized spacial score (nSPS) is 10.2. The van der Waals surface area contributed by atoms with Gasteiger partial charge in [-0.3, -0.25) is 19.7 Å². The molecule has 2 aromatic rings. The lowest BCUT2D eigenvalue weighted by molar-refractivity contribution is -0.384. The van der Waals surface area contributed by atoms with Crippen molar-refractivity contribution < 1.29 is 24.0 Å². The minimum atomic E-state index is -0.610. The number of nitro benzene ring substituents is 1. The zero-order valence-corrected chi connectivity index (χ0v) is 17.0. The third-order valence-corrected chi connectivity index (χ3v) is 4.48. The van der Waals surface area contributed by atoms with Gasteiger partial charge in [-0.2, -0.15) is 0 Å². The van der Waals surface area contributed by atoms with Gasteiger partial charge >= 0.3 is 5.97 Å². The third kappa shape index (κ3) is 5.17. The van der Waals surface area contributed by atoms with E-state index in [4.69, 9.17) is 10.5 Å². The maximum absolute atomic E-state index is 12.1. The highest BCUT2D eigenvalue weighted by Gasteiger charge is 2.17. The molecule has 0 radical (unpaired) electrons. The fourth-order valence-electron chi connectivity index (χ4n) is 1.98. The van der Waals surface area contributed by atoms with Crippen LogP contribution in [0.4, 0.5) is 11.4 Å². The first-order chi connectivity index (χ1) is 12.7. The quantitative estimate of drug-likeness (QED) is 0.267. The van der Waals surface area contributed by atoms with Crippen molar-refractivity contribution in [1.82, 2.24) is 5.32 Å². The largest absolute Gasteiger partial charge is 0.468 e. The number of nitrogen functional groups attached to an aromatic ring is 1. The van der Waals surface area contributed by atoms with E-state index >= 15 is 0 Å². The van der Waals surface area contributed by atoms with Crippen LogP contribution in [-0.2, 0) is 9.53 Å². The monoisotopic (exact) mass is 501 g/mol. The molecule has 3 N–H and O–H groups in total. The Balaban J connectivity index is 2.25. The molecule has 0 spiro atoms. The van der Waals surface area contributed by atoms with Crippen LogP contribution in [0, 0.1) is 10.1 Å². The molecule has 9 nitrogen and oxygen atoms in total. The summed E-state index contributed by atoms with van der Waals surface area (Å²) < 4.78 is 11.0. The molecule has 2 aromatic carbocycles. The number of anilines is 1. The number of methoxy groups -OCH3 is 1. The summed E-state index contributed by atoms with van der Waals surface area (Å²) in [6.45, 7) is -0.266. The van der Waals surface area contributed by atoms with Crippen LogP contribution >= 0.6 is 31.9 Å². The van der Waals surface area contributed by atoms with Crippen molar-refractivity contribution >= 4 is 55.1 Å². The van der Waals surface area contributed by atoms with Gasteiger partial charge in [0.2, 0.25) is 0 Å². The van der Waals surface area contributed by atoms with Crippen molar-refractivity contribution in [3.8, 4) is 11.5 Å². The molecule has 142 valence electrons. The molecule has 0 saturated carbocycles. The lowest BCUT2D eigenvalue weighted by Crippen LogP contribution is -2.30. The van der Waals surface area contributed by atoms with E-state index in [1.54, 1.807) is 0 Å². The fraction of sp³-hybridized carbons (Fsp3) is 0.125. The molecule has 11 heteroatoms. The highest BCUT2D eigenvalue weighted by atomic mass is 79.9. The lowest BCUT2D eigenvalue weighted by Gasteiger charge is -2.12. The summed E-state index contributed by atoms with van der Waals surface area (Å²) in [7, 11) is 1.22. The van der Waals surface area contributed by atoms with E-state index in [1.165, 1.54) is 37.4 Å². The van der Waals surface area contributed by atoms with Crippen LogP contribution < -0.4 is 15.8 Å². The predicted molar refractivity (Wildman–Crippen MR) is 104 cm³/mol. The first kappa shape index (κ1) is 20.6. The number of carbonyl (C=O) groups excluding carboxylic acids is 2. The van der Waals surface area contributed by atoms with Gasteiger partial charge in [-0.25, -0.2) is 0 Å². The molecule has 0 fully saturated rings. The zero-order valence-electron chi connectivity index (χ0n) is 13.8. The van der Waals surface area contributed by atoms with Crippen molar-refractivity contribution in [2.24, 2.45) is 0 Å². The number of hydrogen-bond donors (Lipinski definition) is 2. The molecule has 0 aliphatic rings. The molecule has 0 heterocycles. The van der Waals surface area contributed by atoms with Crippen LogP contribution in [-0.4, -0.2) is 30.5 Å². The van der Waals surface area contributed by atoms with Gasteiger partial charge in [0.25, 0.3) is 11.6 Å². The number of halogens is 2. The number of nitrogens with zero attached hydrogens (tertiary/aromatic N) is 1. The van der Waals surface area contributed by atoms with Gasteiger partial charge in [0, 0.05) is 5.56 Å². The van der Waals surface area contributed by atoms with E-state index in [9.17, 15) is 19.7 Å². The van der Waals surface area contributed by atoms with Crippen molar-refractivity contribution in [2.75, 3.05) is 19.4 Å². The van der Waals surface area contributed by atoms with Crippen LogP contribution in [0.3, 0.4) is 0 Å². The van der Waals surface area contributed by atoms with Crippen LogP contribution in [0.15, 0.2) is 39.3 Å². The minimum Gasteiger partial charge on any atom is -0.468 e. The second-order valence-corrected chi connectivity index (χ2v) is 6.82. The fourth-order valence-corrected chi connectivity index (χ4v) is 3.33. The number of esters is 1. The van der Waals surface area contributed by atoms with Crippen LogP contribution in [0.2, 0.25) is 0 Å². The summed E-state index contributed by atoms with van der Waals surface area (Å²) in [5, 5.41) is 13.4. The molecule has 0 unspecified atom stereocenters. The number of amides is 1. The molecular weight excluding hydrogens is 490 g/mol. The van der Waals surface area contributed by atoms with Gasteiger partial charge in [0.05, 0.1) is 27.0 Å². The van der Waals surface area contributed by atoms with Crippen LogP contribution in [0.1, 0.15) is 10.4 Å². The van der Waals surface area contributed by atoms with Gasteiger partial charge < -0.3 is 20.5 Å². The number of benzene rings is 2. The number of nitro groups is 1. The van der Waals surface area contributed by atoms with E-state index in [0.29, 0.717) is 14.7 Å². The lowest BCUT2D eigenvalue weighted by atomic mass is 10.2. The predicted octanol–water partition coefficient (Wildman–Crippen LogP) is 3.40. The van der Waals surface area contributed by atoms with Crippen molar-refractivity contribution in [3.05, 3.63) is 55.0 Å². The van der Waals surface area contributed by atoms with Gasteiger partial charge in [-0.1, -0.05) is 0 Å². The molecular formula is C16H13Br2N3O6. The highest BCUT2D eigenvalue weighted by molar-refractivity contribution is 9.11. The molecule has 2 rings (SSSR count). The molecule has 0 bridgehead atoms. The van der Waals surface area contributed by atoms with Gasteiger partial charge in [0.15, 0.2) is 5.75 Å². The Morgan fingerprint density at radius 1 is 1.22 bits per heavy atom. The number of nitrogens with one attached hydrogen (secondary N) is 1. The topological polar surface area (TPSA) is 134 Å². The summed E-state index contributed by atoms with van der Waals surface area (Å²) in [5.74, 6) is -0.568. The van der Waals surface area contributed by atoms with E-state index in [0.717, 1.165) is 0 Å². The molecule has 0 aromatic heterocycles. The Kier molecular flexibility index (Phi) is 6.75. The average Bonchev–Trinajstić information content (AvgIpc) is 2.63. The molecule has 27 heavy (non-hydrogen) atoms. The number of ether oxygens (including phenoxy) is 2. The smallest absolute Gasteiger partial charge is 0.325 e. The van der Waals surface area contributed by atoms with Crippen molar-refractivity contribution in [3.63, 3.8) is 0 Å². The molecule has 0 aliphatic carbocycles. The van der Waals surface area contributed by atoms with Crippen LogP contribution in [0.25, 0.3) is 0 Å². The standard InChI is InChI=1S/C16H13Br2N3O6/c1-26-14(22)7-20-16(23)8-4-10(17)15(11(18)5-8)27-9-2-3-12(19)13(6-9)21(24)25/h2-6H,7,19H2,1H3,(H,20,23). The summed E-state index contributed by atoms with van der Waals surface area (Å²) in [5.41, 5.74) is 5.56. The number of rotatable bonds is 6. The average molecular weight is 503 g/mol. The van der Waals surface area contributed by atoms with Crippen LogP contribution in [0.5, 0.6) is 11.5 Å². The molecule has 1 amide bonds. The SMILES string of the molecule is COC(=O)CNC(=O)c1cc(Br)c(Oc2ccc(N)c([N+](=O)[O-])c2)c(Br)c1. The second kappa shape index (κ2) is 8.82. The van der Waals surface area contributed by atoms with Crippen molar-refractivity contribution in [1.29, 1.82) is 0 Å². The zero-order chi connectivity index (χ0) is 20.1. The first-order valence-corrected chi connectivity index (χ1v) is 8.87. The number of carbonyl (C=O) groups is 2. The van der Waals surface area contributed by atoms with Gasteiger partial charge in [-0.15, -0.1) is 0 Å². The maximum atomic E-state index is 12.1. The Hall–Kier alpha value is -2.66. The second-order valence-electron chi connectivity index (χ2n) is 5.11. The minimum absolute atomic E-state index is 0.0168. The van der Waals surface area contributed by atoms with Crippen molar-refractivity contribution in [2.45, 2.75) is 0 Å². The summed E-state index contributed by atoms with van der Waals surface area (Å²) in [6, 6.07) is 7.02. The molecule has 0 saturated heterocycles. The van der Waals surface area contributed by atoms with E-state index in [-0.39, 0.29) is 29.2 Å². The summed E-state index contributed by atoms with van der Waals surface area (Å²) in [6.07, 6.45) is 0. The number of hydrogen-bond acceptors (Lipinski definition) is 7. The van der Waals surface area contributed by atoms with E-state index in [2.05, 4.69) is 41.9 Å². The molecule has 0 aliphatic heterocycles. The van der Waals surface area contributed by atoms with E-state index in [1.807, 2.05) is 0 Å². The van der Waals surface area contributed by atoms with Gasteiger partial charge in [0.1, 0.15) is 18.0 Å². The summed E-state index contributed by atoms with van der Waals surface area (Å²) in [4.78, 5) is 33.6.